The van der Waals surface area contributed by atoms with Crippen molar-refractivity contribution in [3.63, 3.8) is 0 Å². The molecule has 0 aliphatic rings. The number of aromatic nitrogens is 7. The molecule has 8 heteroatoms. The fraction of sp³-hybridized carbons (Fsp3) is 0.0667. The van der Waals surface area contributed by atoms with Gasteiger partial charge in [-0.25, -0.2) is 24.9 Å². The number of rotatable bonds is 3. The Labute approximate surface area is 130 Å². The third kappa shape index (κ3) is 2.30. The SMILES string of the molecule is N#Cc1nccc2nc(Cn3ccnc3-c3ncccn3)[nH]c12. The summed E-state index contributed by atoms with van der Waals surface area (Å²) in [5.74, 6) is 1.91. The van der Waals surface area contributed by atoms with E-state index in [0.717, 1.165) is 0 Å². The summed E-state index contributed by atoms with van der Waals surface area (Å²) in [5.41, 5.74) is 1.69. The third-order valence-corrected chi connectivity index (χ3v) is 3.36. The number of hydrogen-bond acceptors (Lipinski definition) is 6. The second-order valence-corrected chi connectivity index (χ2v) is 4.80. The smallest absolute Gasteiger partial charge is 0.195 e. The van der Waals surface area contributed by atoms with Gasteiger partial charge in [0.15, 0.2) is 17.3 Å². The molecule has 4 aromatic rings. The van der Waals surface area contributed by atoms with Crippen molar-refractivity contribution in [2.24, 2.45) is 0 Å². The molecule has 8 nitrogen and oxygen atoms in total. The average molecular weight is 302 g/mol. The molecule has 0 atom stereocenters. The van der Waals surface area contributed by atoms with Gasteiger partial charge in [-0.3, -0.25) is 0 Å². The van der Waals surface area contributed by atoms with Gasteiger partial charge in [-0.05, 0) is 12.1 Å². The average Bonchev–Trinajstić information content (AvgIpc) is 3.21. The Morgan fingerprint density at radius 2 is 1.96 bits per heavy atom. The van der Waals surface area contributed by atoms with Crippen LogP contribution in [0, 0.1) is 11.3 Å². The van der Waals surface area contributed by atoms with Crippen LogP contribution in [0.5, 0.6) is 0 Å². The monoisotopic (exact) mass is 302 g/mol. The van der Waals surface area contributed by atoms with Gasteiger partial charge in [-0.1, -0.05) is 0 Å². The van der Waals surface area contributed by atoms with Gasteiger partial charge in [-0.15, -0.1) is 0 Å². The molecular weight excluding hydrogens is 292 g/mol. The molecule has 4 heterocycles. The maximum atomic E-state index is 9.10. The van der Waals surface area contributed by atoms with Gasteiger partial charge in [0.1, 0.15) is 17.4 Å². The first-order valence-electron chi connectivity index (χ1n) is 6.87. The number of imidazole rings is 2. The number of nitrogens with one attached hydrogen (secondary N) is 1. The minimum absolute atomic E-state index is 0.332. The Morgan fingerprint density at radius 1 is 1.09 bits per heavy atom. The Hall–Kier alpha value is -3.60. The van der Waals surface area contributed by atoms with E-state index >= 15 is 0 Å². The Bertz CT molecular complexity index is 1010. The van der Waals surface area contributed by atoms with Crippen molar-refractivity contribution in [2.75, 3.05) is 0 Å². The van der Waals surface area contributed by atoms with E-state index in [1.165, 1.54) is 0 Å². The number of pyridine rings is 1. The maximum Gasteiger partial charge on any atom is 0.195 e. The molecule has 0 radical (unpaired) electrons. The number of hydrogen-bond donors (Lipinski definition) is 1. The number of H-pyrrole nitrogens is 1. The summed E-state index contributed by atoms with van der Waals surface area (Å²) in [4.78, 5) is 24.4. The van der Waals surface area contributed by atoms with Crippen LogP contribution in [0.25, 0.3) is 22.7 Å². The van der Waals surface area contributed by atoms with Gasteiger partial charge in [0.05, 0.1) is 12.1 Å². The maximum absolute atomic E-state index is 9.10. The molecule has 0 spiro atoms. The number of nitrogens with zero attached hydrogens (tertiary/aromatic N) is 7. The molecule has 0 unspecified atom stereocenters. The summed E-state index contributed by atoms with van der Waals surface area (Å²) in [5, 5.41) is 9.10. The number of fused-ring (bicyclic) bond motifs is 1. The number of aromatic amines is 1. The van der Waals surface area contributed by atoms with Crippen LogP contribution in [0.4, 0.5) is 0 Å². The predicted molar refractivity (Wildman–Crippen MR) is 81.0 cm³/mol. The topological polar surface area (TPSA) is 109 Å². The molecule has 0 amide bonds. The fourth-order valence-electron chi connectivity index (χ4n) is 2.36. The van der Waals surface area contributed by atoms with Gasteiger partial charge in [0, 0.05) is 31.0 Å². The predicted octanol–water partition coefficient (Wildman–Crippen LogP) is 1.53. The van der Waals surface area contributed by atoms with Crippen molar-refractivity contribution >= 4 is 11.0 Å². The van der Waals surface area contributed by atoms with Crippen LogP contribution in [-0.2, 0) is 6.54 Å². The van der Waals surface area contributed by atoms with Gasteiger partial charge in [0.2, 0.25) is 0 Å². The zero-order chi connectivity index (χ0) is 15.6. The second-order valence-electron chi connectivity index (χ2n) is 4.80. The fourth-order valence-corrected chi connectivity index (χ4v) is 2.36. The second kappa shape index (κ2) is 5.31. The van der Waals surface area contributed by atoms with Crippen molar-refractivity contribution in [3.8, 4) is 17.7 Å². The molecule has 23 heavy (non-hydrogen) atoms. The summed E-state index contributed by atoms with van der Waals surface area (Å²) in [6.45, 7) is 0.465. The molecule has 0 saturated heterocycles. The van der Waals surface area contributed by atoms with Gasteiger partial charge >= 0.3 is 0 Å². The van der Waals surface area contributed by atoms with Gasteiger partial charge < -0.3 is 9.55 Å². The molecule has 0 saturated carbocycles. The van der Waals surface area contributed by atoms with E-state index in [2.05, 4.69) is 36.0 Å². The molecule has 0 aromatic carbocycles. The van der Waals surface area contributed by atoms with Crippen molar-refractivity contribution in [1.29, 1.82) is 5.26 Å². The summed E-state index contributed by atoms with van der Waals surface area (Å²) in [6, 6.07) is 5.58. The standard InChI is InChI=1S/C15H10N8/c16-8-11-13-10(2-5-17-11)21-12(22-13)9-23-7-6-20-15(23)14-18-3-1-4-19-14/h1-7H,9H2,(H,21,22). The first-order chi connectivity index (χ1) is 11.3. The highest BCUT2D eigenvalue weighted by Crippen LogP contribution is 2.16. The highest BCUT2D eigenvalue weighted by atomic mass is 15.1. The largest absolute Gasteiger partial charge is 0.338 e. The lowest BCUT2D eigenvalue weighted by atomic mass is 10.3. The van der Waals surface area contributed by atoms with E-state index < -0.39 is 0 Å². The van der Waals surface area contributed by atoms with E-state index in [9.17, 15) is 0 Å². The summed E-state index contributed by atoms with van der Waals surface area (Å²) >= 11 is 0. The lowest BCUT2D eigenvalue weighted by Gasteiger charge is -2.04. The summed E-state index contributed by atoms with van der Waals surface area (Å²) in [7, 11) is 0. The van der Waals surface area contributed by atoms with E-state index in [0.29, 0.717) is 40.7 Å². The molecule has 1 N–H and O–H groups in total. The van der Waals surface area contributed by atoms with Crippen LogP contribution in [-0.4, -0.2) is 34.5 Å². The highest BCUT2D eigenvalue weighted by Gasteiger charge is 2.12. The van der Waals surface area contributed by atoms with Crippen LogP contribution in [0.3, 0.4) is 0 Å². The zero-order valence-corrected chi connectivity index (χ0v) is 11.9. The molecule has 0 fully saturated rings. The third-order valence-electron chi connectivity index (χ3n) is 3.36. The van der Waals surface area contributed by atoms with E-state index in [1.54, 1.807) is 36.9 Å². The van der Waals surface area contributed by atoms with Crippen molar-refractivity contribution in [2.45, 2.75) is 6.54 Å². The lowest BCUT2D eigenvalue weighted by molar-refractivity contribution is 0.760. The minimum atomic E-state index is 0.332. The van der Waals surface area contributed by atoms with Crippen LogP contribution < -0.4 is 0 Å². The van der Waals surface area contributed by atoms with E-state index in [4.69, 9.17) is 5.26 Å². The Kier molecular flexibility index (Phi) is 3.02. The highest BCUT2D eigenvalue weighted by molar-refractivity contribution is 5.79. The van der Waals surface area contributed by atoms with Crippen LogP contribution in [0.1, 0.15) is 11.5 Å². The molecule has 4 rings (SSSR count). The summed E-state index contributed by atoms with van der Waals surface area (Å²) in [6.07, 6.45) is 8.45. The molecule has 4 aromatic heterocycles. The quantitative estimate of drug-likeness (QED) is 0.614. The lowest BCUT2D eigenvalue weighted by Crippen LogP contribution is -2.04. The molecule has 110 valence electrons. The number of nitriles is 1. The normalized spacial score (nSPS) is 10.7. The molecule has 0 aliphatic heterocycles. The van der Waals surface area contributed by atoms with Gasteiger partial charge in [-0.2, -0.15) is 5.26 Å². The van der Waals surface area contributed by atoms with Gasteiger partial charge in [0.25, 0.3) is 0 Å². The van der Waals surface area contributed by atoms with Crippen molar-refractivity contribution < 1.29 is 0 Å². The van der Waals surface area contributed by atoms with Crippen LogP contribution in [0.15, 0.2) is 43.1 Å². The molecule has 0 aliphatic carbocycles. The first-order valence-corrected chi connectivity index (χ1v) is 6.87. The first kappa shape index (κ1) is 13.1. The van der Waals surface area contributed by atoms with Crippen LogP contribution in [0.2, 0.25) is 0 Å². The minimum Gasteiger partial charge on any atom is -0.338 e. The molecular formula is C15H10N8. The van der Waals surface area contributed by atoms with E-state index in [-0.39, 0.29) is 0 Å². The van der Waals surface area contributed by atoms with Crippen molar-refractivity contribution in [3.05, 3.63) is 54.6 Å². The zero-order valence-electron chi connectivity index (χ0n) is 11.9. The Morgan fingerprint density at radius 3 is 2.78 bits per heavy atom. The molecule has 0 bridgehead atoms. The van der Waals surface area contributed by atoms with E-state index in [1.807, 2.05) is 10.8 Å². The van der Waals surface area contributed by atoms with Crippen LogP contribution >= 0.6 is 0 Å². The summed E-state index contributed by atoms with van der Waals surface area (Å²) < 4.78 is 1.90. The Balaban J connectivity index is 1.73. The van der Waals surface area contributed by atoms with Crippen molar-refractivity contribution in [1.82, 2.24) is 34.5 Å².